The van der Waals surface area contributed by atoms with Crippen molar-refractivity contribution >= 4 is 28.9 Å². The number of quaternary nitrogens is 1. The molecule has 6 nitrogen and oxygen atoms in total. The minimum absolute atomic E-state index is 0.0106. The third-order valence-electron chi connectivity index (χ3n) is 3.38. The molecule has 1 atom stereocenters. The van der Waals surface area contributed by atoms with Crippen molar-refractivity contribution in [1.29, 1.82) is 0 Å². The predicted octanol–water partition coefficient (Wildman–Crippen LogP) is 2.04. The van der Waals surface area contributed by atoms with E-state index in [-0.39, 0.29) is 24.5 Å². The number of anilines is 1. The molecule has 0 saturated carbocycles. The van der Waals surface area contributed by atoms with Crippen LogP contribution in [0.3, 0.4) is 0 Å². The maximum Gasteiger partial charge on any atom is 0.292 e. The van der Waals surface area contributed by atoms with Gasteiger partial charge in [0, 0.05) is 6.07 Å². The molecule has 8 heteroatoms. The van der Waals surface area contributed by atoms with Gasteiger partial charge in [-0.1, -0.05) is 29.8 Å². The average Bonchev–Trinajstić information content (AvgIpc) is 2.51. The fourth-order valence-electron chi connectivity index (χ4n) is 2.27. The molecule has 1 unspecified atom stereocenters. The Morgan fingerprint density at radius 2 is 2.00 bits per heavy atom. The van der Waals surface area contributed by atoms with Gasteiger partial charge in [0.1, 0.15) is 18.0 Å². The third-order valence-corrected chi connectivity index (χ3v) is 3.73. The van der Waals surface area contributed by atoms with Gasteiger partial charge in [-0.05, 0) is 18.2 Å². The van der Waals surface area contributed by atoms with Crippen molar-refractivity contribution in [2.24, 2.45) is 0 Å². The monoisotopic (exact) mass is 352 g/mol. The molecule has 2 rings (SSSR count). The Bertz CT molecular complexity index is 750. The van der Waals surface area contributed by atoms with E-state index in [2.05, 4.69) is 5.32 Å². The highest BCUT2D eigenvalue weighted by Crippen LogP contribution is 2.22. The number of nitro groups is 1. The zero-order chi connectivity index (χ0) is 17.7. The molecular formula is C16H16ClFN3O3+. The summed E-state index contributed by atoms with van der Waals surface area (Å²) in [5.41, 5.74) is 0.278. The molecule has 0 fully saturated rings. The summed E-state index contributed by atoms with van der Waals surface area (Å²) < 4.78 is 13.8. The van der Waals surface area contributed by atoms with Crippen LogP contribution in [0.1, 0.15) is 5.56 Å². The smallest absolute Gasteiger partial charge is 0.292 e. The summed E-state index contributed by atoms with van der Waals surface area (Å²) in [5.74, 6) is -0.838. The molecule has 0 spiro atoms. The van der Waals surface area contributed by atoms with Gasteiger partial charge in [-0.3, -0.25) is 14.9 Å². The molecule has 2 aromatic carbocycles. The second-order valence-corrected chi connectivity index (χ2v) is 5.74. The van der Waals surface area contributed by atoms with E-state index in [4.69, 9.17) is 11.6 Å². The number of nitrogens with zero attached hydrogens (tertiary/aromatic N) is 1. The van der Waals surface area contributed by atoms with Crippen molar-refractivity contribution in [3.8, 4) is 0 Å². The number of amides is 1. The van der Waals surface area contributed by atoms with Crippen LogP contribution in [0, 0.1) is 15.9 Å². The molecule has 0 bridgehead atoms. The van der Waals surface area contributed by atoms with Crippen LogP contribution in [0.2, 0.25) is 5.02 Å². The van der Waals surface area contributed by atoms with Crippen molar-refractivity contribution < 1.29 is 19.0 Å². The Morgan fingerprint density at radius 3 is 2.67 bits per heavy atom. The Morgan fingerprint density at radius 1 is 1.29 bits per heavy atom. The summed E-state index contributed by atoms with van der Waals surface area (Å²) in [6.45, 7) is 0.229. The van der Waals surface area contributed by atoms with Crippen LogP contribution in [-0.2, 0) is 11.3 Å². The van der Waals surface area contributed by atoms with Crippen molar-refractivity contribution in [3.63, 3.8) is 0 Å². The number of nitro benzene ring substituents is 1. The molecule has 0 aliphatic rings. The quantitative estimate of drug-likeness (QED) is 0.617. The molecule has 24 heavy (non-hydrogen) atoms. The molecule has 0 aliphatic carbocycles. The van der Waals surface area contributed by atoms with Gasteiger partial charge in [-0.25, -0.2) is 4.39 Å². The maximum atomic E-state index is 13.8. The summed E-state index contributed by atoms with van der Waals surface area (Å²) in [7, 11) is 1.71. The summed E-state index contributed by atoms with van der Waals surface area (Å²) in [4.78, 5) is 23.1. The lowest BCUT2D eigenvalue weighted by molar-refractivity contribution is -0.885. The van der Waals surface area contributed by atoms with Crippen LogP contribution in [0.4, 0.5) is 15.8 Å². The van der Waals surface area contributed by atoms with E-state index in [1.165, 1.54) is 30.3 Å². The first-order valence-electron chi connectivity index (χ1n) is 7.16. The fourth-order valence-corrected chi connectivity index (χ4v) is 2.50. The second-order valence-electron chi connectivity index (χ2n) is 5.33. The zero-order valence-corrected chi connectivity index (χ0v) is 13.6. The third kappa shape index (κ3) is 4.50. The average molecular weight is 353 g/mol. The van der Waals surface area contributed by atoms with Gasteiger partial charge < -0.3 is 10.2 Å². The summed E-state index contributed by atoms with van der Waals surface area (Å²) in [5, 5.41) is 13.7. The van der Waals surface area contributed by atoms with Crippen LogP contribution in [0.25, 0.3) is 0 Å². The van der Waals surface area contributed by atoms with Crippen LogP contribution >= 0.6 is 11.6 Å². The fraction of sp³-hybridized carbons (Fsp3) is 0.188. The highest BCUT2D eigenvalue weighted by molar-refractivity contribution is 6.31. The second kappa shape index (κ2) is 7.85. The first kappa shape index (κ1) is 17.8. The number of benzene rings is 2. The minimum Gasteiger partial charge on any atom is -0.326 e. The van der Waals surface area contributed by atoms with Crippen molar-refractivity contribution in [2.45, 2.75) is 6.54 Å². The molecule has 0 aromatic heterocycles. The van der Waals surface area contributed by atoms with Crippen molar-refractivity contribution in [1.82, 2.24) is 0 Å². The molecule has 2 aromatic rings. The van der Waals surface area contributed by atoms with E-state index in [0.717, 1.165) is 0 Å². The summed E-state index contributed by atoms with van der Waals surface area (Å²) in [6.07, 6.45) is 0. The van der Waals surface area contributed by atoms with Crippen molar-refractivity contribution in [2.75, 3.05) is 18.9 Å². The Kier molecular flexibility index (Phi) is 5.83. The topological polar surface area (TPSA) is 76.7 Å². The molecule has 126 valence electrons. The number of likely N-dealkylation sites (N-methyl/N-ethyl adjacent to an activating group) is 1. The van der Waals surface area contributed by atoms with Crippen LogP contribution in [-0.4, -0.2) is 24.4 Å². The van der Waals surface area contributed by atoms with Crippen LogP contribution in [0.15, 0.2) is 42.5 Å². The lowest BCUT2D eigenvalue weighted by Gasteiger charge is -2.15. The number of carbonyl (C=O) groups is 1. The Hall–Kier alpha value is -2.51. The standard InChI is InChI=1S/C16H15ClFN3O3/c1-20(9-11-12(17)5-4-6-13(11)18)10-16(22)19-14-7-2-3-8-15(14)21(23)24/h2-8H,9-10H2,1H3,(H,19,22)/p+1. The number of rotatable bonds is 6. The summed E-state index contributed by atoms with van der Waals surface area (Å²) in [6, 6.07) is 10.3. The van der Waals surface area contributed by atoms with Crippen molar-refractivity contribution in [3.05, 3.63) is 69.0 Å². The summed E-state index contributed by atoms with van der Waals surface area (Å²) >= 11 is 5.97. The Balaban J connectivity index is 2.01. The number of nitrogens with one attached hydrogen (secondary N) is 2. The van der Waals surface area contributed by atoms with Gasteiger partial charge in [0.15, 0.2) is 6.54 Å². The number of hydrogen-bond acceptors (Lipinski definition) is 3. The first-order valence-corrected chi connectivity index (χ1v) is 7.53. The van der Waals surface area contributed by atoms with E-state index in [1.54, 1.807) is 19.2 Å². The number of para-hydroxylation sites is 2. The largest absolute Gasteiger partial charge is 0.326 e. The van der Waals surface area contributed by atoms with Gasteiger partial charge in [-0.15, -0.1) is 0 Å². The predicted molar refractivity (Wildman–Crippen MR) is 88.6 cm³/mol. The van der Waals surface area contributed by atoms with Crippen LogP contribution < -0.4 is 10.2 Å². The molecular weight excluding hydrogens is 337 g/mol. The van der Waals surface area contributed by atoms with Gasteiger partial charge in [0.25, 0.3) is 11.6 Å². The maximum absolute atomic E-state index is 13.8. The lowest BCUT2D eigenvalue weighted by atomic mass is 10.2. The number of hydrogen-bond donors (Lipinski definition) is 2. The van der Waals surface area contributed by atoms with Gasteiger partial charge in [0.05, 0.1) is 22.6 Å². The SMILES string of the molecule is C[NH+](CC(=O)Nc1ccccc1[N+](=O)[O-])Cc1c(F)cccc1Cl. The number of carbonyl (C=O) groups excluding carboxylic acids is 1. The highest BCUT2D eigenvalue weighted by Gasteiger charge is 2.18. The van der Waals surface area contributed by atoms with Gasteiger partial charge in [-0.2, -0.15) is 0 Å². The zero-order valence-electron chi connectivity index (χ0n) is 12.9. The molecule has 0 aliphatic heterocycles. The van der Waals surface area contributed by atoms with E-state index in [0.29, 0.717) is 15.5 Å². The van der Waals surface area contributed by atoms with E-state index in [1.807, 2.05) is 0 Å². The molecule has 1 amide bonds. The van der Waals surface area contributed by atoms with E-state index < -0.39 is 16.6 Å². The molecule has 2 N–H and O–H groups in total. The van der Waals surface area contributed by atoms with Gasteiger partial charge in [0.2, 0.25) is 0 Å². The van der Waals surface area contributed by atoms with E-state index in [9.17, 15) is 19.3 Å². The highest BCUT2D eigenvalue weighted by atomic mass is 35.5. The van der Waals surface area contributed by atoms with Gasteiger partial charge >= 0.3 is 0 Å². The Labute approximate surface area is 143 Å². The molecule has 0 saturated heterocycles. The minimum atomic E-state index is -0.564. The molecule has 0 heterocycles. The lowest BCUT2D eigenvalue weighted by Crippen LogP contribution is -3.08. The normalized spacial score (nSPS) is 11.8. The molecule has 0 radical (unpaired) electrons. The van der Waals surface area contributed by atoms with Crippen LogP contribution in [0.5, 0.6) is 0 Å². The first-order chi connectivity index (χ1) is 11.4. The number of halogens is 2. The van der Waals surface area contributed by atoms with E-state index >= 15 is 0 Å².